The Morgan fingerprint density at radius 1 is 1.23 bits per heavy atom. The Morgan fingerprint density at radius 3 is 2.64 bits per heavy atom. The summed E-state index contributed by atoms with van der Waals surface area (Å²) in [5, 5.41) is 0. The smallest absolute Gasteiger partial charge is 0.222 e. The molecule has 2 aliphatic rings. The van der Waals surface area contributed by atoms with E-state index in [1.54, 1.807) is 0 Å². The van der Waals surface area contributed by atoms with Crippen LogP contribution in [0.25, 0.3) is 0 Å². The van der Waals surface area contributed by atoms with Crippen LogP contribution in [0.15, 0.2) is 12.4 Å². The van der Waals surface area contributed by atoms with Gasteiger partial charge in [0, 0.05) is 51.5 Å². The molecule has 1 amide bonds. The van der Waals surface area contributed by atoms with Gasteiger partial charge >= 0.3 is 0 Å². The summed E-state index contributed by atoms with van der Waals surface area (Å²) < 4.78 is 2.16. The number of aromatic nitrogens is 2. The van der Waals surface area contributed by atoms with Crippen molar-refractivity contribution in [1.82, 2.24) is 14.5 Å². The fourth-order valence-electron chi connectivity index (χ4n) is 3.77. The Morgan fingerprint density at radius 2 is 1.95 bits per heavy atom. The van der Waals surface area contributed by atoms with Crippen molar-refractivity contribution in [3.05, 3.63) is 12.4 Å². The first-order valence-electron chi connectivity index (χ1n) is 8.81. The quantitative estimate of drug-likeness (QED) is 0.839. The number of rotatable bonds is 5. The Hall–Kier alpha value is -1.52. The van der Waals surface area contributed by atoms with Crippen LogP contribution in [-0.2, 0) is 11.3 Å². The van der Waals surface area contributed by atoms with Crippen LogP contribution in [0.1, 0.15) is 45.4 Å². The number of aryl methyl sites for hydroxylation is 1. The monoisotopic (exact) mass is 304 g/mol. The zero-order valence-corrected chi connectivity index (χ0v) is 13.7. The fraction of sp³-hybridized carbons (Fsp3) is 0.765. The van der Waals surface area contributed by atoms with Gasteiger partial charge in [-0.05, 0) is 19.3 Å². The van der Waals surface area contributed by atoms with E-state index in [2.05, 4.69) is 21.4 Å². The van der Waals surface area contributed by atoms with Gasteiger partial charge in [-0.25, -0.2) is 4.98 Å². The van der Waals surface area contributed by atoms with Crippen molar-refractivity contribution in [3.8, 4) is 0 Å². The van der Waals surface area contributed by atoms with E-state index in [0.717, 1.165) is 57.4 Å². The highest BCUT2D eigenvalue weighted by atomic mass is 16.2. The van der Waals surface area contributed by atoms with Crippen LogP contribution < -0.4 is 4.90 Å². The number of hydrogen-bond donors (Lipinski definition) is 0. The largest absolute Gasteiger partial charge is 0.339 e. The number of imidazole rings is 1. The molecule has 0 N–H and O–H groups in total. The molecule has 122 valence electrons. The molecule has 1 aliphatic heterocycles. The normalized spacial score (nSPS) is 19.9. The minimum atomic E-state index is 0.352. The predicted molar refractivity (Wildman–Crippen MR) is 87.9 cm³/mol. The van der Waals surface area contributed by atoms with Gasteiger partial charge in [0.25, 0.3) is 0 Å². The topological polar surface area (TPSA) is 41.4 Å². The maximum atomic E-state index is 12.4. The SMILES string of the molecule is CCn1ccnc1N1CCN(C(=O)CCC2CCCC2)CC1. The van der Waals surface area contributed by atoms with Gasteiger partial charge < -0.3 is 14.4 Å². The maximum Gasteiger partial charge on any atom is 0.222 e. The molecule has 2 fully saturated rings. The molecule has 5 heteroatoms. The zero-order chi connectivity index (χ0) is 15.4. The van der Waals surface area contributed by atoms with Gasteiger partial charge in [-0.2, -0.15) is 0 Å². The molecule has 1 aromatic heterocycles. The lowest BCUT2D eigenvalue weighted by Crippen LogP contribution is -2.49. The van der Waals surface area contributed by atoms with E-state index >= 15 is 0 Å². The molecular formula is C17H28N4O. The second kappa shape index (κ2) is 7.16. The number of hydrogen-bond acceptors (Lipinski definition) is 3. The first-order chi connectivity index (χ1) is 10.8. The van der Waals surface area contributed by atoms with E-state index in [-0.39, 0.29) is 0 Å². The van der Waals surface area contributed by atoms with Crippen LogP contribution in [0.3, 0.4) is 0 Å². The van der Waals surface area contributed by atoms with Gasteiger partial charge in [0.2, 0.25) is 11.9 Å². The average molecular weight is 304 g/mol. The number of anilines is 1. The van der Waals surface area contributed by atoms with E-state index < -0.39 is 0 Å². The molecule has 1 saturated carbocycles. The first kappa shape index (κ1) is 15.4. The molecule has 0 unspecified atom stereocenters. The summed E-state index contributed by atoms with van der Waals surface area (Å²) in [5.74, 6) is 2.20. The first-order valence-corrected chi connectivity index (χ1v) is 8.81. The molecule has 0 bridgehead atoms. The molecule has 1 saturated heterocycles. The number of carbonyl (C=O) groups is 1. The van der Waals surface area contributed by atoms with Gasteiger partial charge in [-0.3, -0.25) is 4.79 Å². The van der Waals surface area contributed by atoms with Crippen LogP contribution >= 0.6 is 0 Å². The third-order valence-corrected chi connectivity index (χ3v) is 5.19. The molecule has 5 nitrogen and oxygen atoms in total. The van der Waals surface area contributed by atoms with Gasteiger partial charge in [-0.15, -0.1) is 0 Å². The summed E-state index contributed by atoms with van der Waals surface area (Å²) in [6.07, 6.45) is 11.1. The second-order valence-corrected chi connectivity index (χ2v) is 6.57. The minimum Gasteiger partial charge on any atom is -0.339 e. The van der Waals surface area contributed by atoms with Gasteiger partial charge in [0.15, 0.2) is 0 Å². The summed E-state index contributed by atoms with van der Waals surface area (Å²) in [4.78, 5) is 21.2. The van der Waals surface area contributed by atoms with Crippen LogP contribution in [0.4, 0.5) is 5.95 Å². The van der Waals surface area contributed by atoms with Crippen molar-refractivity contribution < 1.29 is 4.79 Å². The molecule has 0 spiro atoms. The number of piperazine rings is 1. The van der Waals surface area contributed by atoms with E-state index in [0.29, 0.717) is 5.91 Å². The zero-order valence-electron chi connectivity index (χ0n) is 13.7. The highest BCUT2D eigenvalue weighted by Crippen LogP contribution is 2.28. The van der Waals surface area contributed by atoms with Crippen molar-refractivity contribution >= 4 is 11.9 Å². The van der Waals surface area contributed by atoms with Crippen LogP contribution in [0, 0.1) is 5.92 Å². The third kappa shape index (κ3) is 3.45. The van der Waals surface area contributed by atoms with Crippen molar-refractivity contribution in [2.45, 2.75) is 52.0 Å². The van der Waals surface area contributed by atoms with Gasteiger partial charge in [0.1, 0.15) is 0 Å². The summed E-state index contributed by atoms with van der Waals surface area (Å²) in [6, 6.07) is 0. The van der Waals surface area contributed by atoms with E-state index in [1.165, 1.54) is 25.7 Å². The van der Waals surface area contributed by atoms with Crippen LogP contribution in [0.2, 0.25) is 0 Å². The number of carbonyl (C=O) groups excluding carboxylic acids is 1. The molecule has 1 aromatic rings. The second-order valence-electron chi connectivity index (χ2n) is 6.57. The summed E-state index contributed by atoms with van der Waals surface area (Å²) in [7, 11) is 0. The van der Waals surface area contributed by atoms with E-state index in [4.69, 9.17) is 0 Å². The minimum absolute atomic E-state index is 0.352. The maximum absolute atomic E-state index is 12.4. The molecule has 1 aliphatic carbocycles. The molecule has 2 heterocycles. The van der Waals surface area contributed by atoms with E-state index in [9.17, 15) is 4.79 Å². The lowest BCUT2D eigenvalue weighted by molar-refractivity contribution is -0.131. The van der Waals surface area contributed by atoms with Crippen molar-refractivity contribution in [3.63, 3.8) is 0 Å². The molecule has 0 radical (unpaired) electrons. The standard InChI is InChI=1S/C17H28N4O/c1-2-19-10-9-18-17(19)21-13-11-20(12-14-21)16(22)8-7-15-5-3-4-6-15/h9-10,15H,2-8,11-14H2,1H3. The molecule has 0 atom stereocenters. The lowest BCUT2D eigenvalue weighted by atomic mass is 10.0. The van der Waals surface area contributed by atoms with Gasteiger partial charge in [0.05, 0.1) is 0 Å². The Labute approximate surface area is 133 Å². The Bertz CT molecular complexity index is 485. The highest BCUT2D eigenvalue weighted by Gasteiger charge is 2.24. The number of nitrogens with zero attached hydrogens (tertiary/aromatic N) is 4. The average Bonchev–Trinajstić information content (AvgIpc) is 3.23. The third-order valence-electron chi connectivity index (χ3n) is 5.19. The Kier molecular flexibility index (Phi) is 5.01. The fourth-order valence-corrected chi connectivity index (χ4v) is 3.77. The summed E-state index contributed by atoms with van der Waals surface area (Å²) in [5.41, 5.74) is 0. The van der Waals surface area contributed by atoms with Crippen molar-refractivity contribution in [1.29, 1.82) is 0 Å². The van der Waals surface area contributed by atoms with Crippen molar-refractivity contribution in [2.24, 2.45) is 5.92 Å². The molecule has 22 heavy (non-hydrogen) atoms. The predicted octanol–water partition coefficient (Wildman–Crippen LogP) is 2.52. The van der Waals surface area contributed by atoms with E-state index in [1.807, 2.05) is 17.3 Å². The highest BCUT2D eigenvalue weighted by molar-refractivity contribution is 5.76. The molecule has 0 aromatic carbocycles. The lowest BCUT2D eigenvalue weighted by Gasteiger charge is -2.35. The summed E-state index contributed by atoms with van der Waals surface area (Å²) in [6.45, 7) is 6.53. The van der Waals surface area contributed by atoms with Crippen LogP contribution in [0.5, 0.6) is 0 Å². The molecule has 3 rings (SSSR count). The van der Waals surface area contributed by atoms with Crippen LogP contribution in [-0.4, -0.2) is 46.5 Å². The Balaban J connectivity index is 1.45. The number of amides is 1. The van der Waals surface area contributed by atoms with Gasteiger partial charge in [-0.1, -0.05) is 25.7 Å². The summed E-state index contributed by atoms with van der Waals surface area (Å²) >= 11 is 0. The van der Waals surface area contributed by atoms with Crippen molar-refractivity contribution in [2.75, 3.05) is 31.1 Å². The molecular weight excluding hydrogens is 276 g/mol.